The Morgan fingerprint density at radius 1 is 1.12 bits per heavy atom. The van der Waals surface area contributed by atoms with Crippen LogP contribution < -0.4 is 5.32 Å². The number of carbonyl (C=O) groups excluding carboxylic acids is 2. The number of ether oxygens (including phenoxy) is 1. The molecule has 0 saturated heterocycles. The number of carbonyl (C=O) groups is 2. The van der Waals surface area contributed by atoms with Gasteiger partial charge in [-0.1, -0.05) is 35.0 Å². The summed E-state index contributed by atoms with van der Waals surface area (Å²) in [5.74, 6) is -0.716. The van der Waals surface area contributed by atoms with Crippen LogP contribution in [0.1, 0.15) is 17.3 Å². The molecule has 0 heterocycles. The van der Waals surface area contributed by atoms with E-state index in [1.807, 2.05) is 0 Å². The van der Waals surface area contributed by atoms with Gasteiger partial charge in [-0.25, -0.2) is 4.79 Å². The molecule has 0 aliphatic carbocycles. The van der Waals surface area contributed by atoms with Crippen LogP contribution in [0.15, 0.2) is 57.9 Å². The zero-order valence-electron chi connectivity index (χ0n) is 13.0. The Bertz CT molecular complexity index is 761. The van der Waals surface area contributed by atoms with Gasteiger partial charge in [0.25, 0.3) is 5.91 Å². The second-order valence-electron chi connectivity index (χ2n) is 4.76. The summed E-state index contributed by atoms with van der Waals surface area (Å²) >= 11 is 3.30. The van der Waals surface area contributed by atoms with E-state index in [1.54, 1.807) is 49.4 Å². The Morgan fingerprint density at radius 3 is 2.46 bits per heavy atom. The van der Waals surface area contributed by atoms with Crippen LogP contribution in [0.25, 0.3) is 0 Å². The second-order valence-corrected chi connectivity index (χ2v) is 7.39. The number of anilines is 1. The highest BCUT2D eigenvalue weighted by molar-refractivity contribution is 9.10. The van der Waals surface area contributed by atoms with E-state index >= 15 is 0 Å². The zero-order chi connectivity index (χ0) is 17.5. The van der Waals surface area contributed by atoms with Gasteiger partial charge in [0, 0.05) is 15.9 Å². The van der Waals surface area contributed by atoms with Gasteiger partial charge in [-0.2, -0.15) is 0 Å². The molecule has 2 aromatic rings. The summed E-state index contributed by atoms with van der Waals surface area (Å²) in [6.45, 7) is 1.35. The van der Waals surface area contributed by atoms with Crippen LogP contribution in [-0.2, 0) is 20.3 Å². The zero-order valence-corrected chi connectivity index (χ0v) is 15.4. The fourth-order valence-electron chi connectivity index (χ4n) is 1.93. The summed E-state index contributed by atoms with van der Waals surface area (Å²) in [7, 11) is -1.28. The second kappa shape index (κ2) is 8.75. The van der Waals surface area contributed by atoms with Gasteiger partial charge in [-0.3, -0.25) is 9.00 Å². The van der Waals surface area contributed by atoms with Crippen molar-refractivity contribution in [1.29, 1.82) is 0 Å². The molecule has 0 aliphatic heterocycles. The third kappa shape index (κ3) is 5.01. The molecule has 0 aromatic heterocycles. The molecule has 0 bridgehead atoms. The Hall–Kier alpha value is -1.99. The van der Waals surface area contributed by atoms with Gasteiger partial charge in [0.1, 0.15) is 0 Å². The average molecular weight is 410 g/mol. The van der Waals surface area contributed by atoms with Crippen LogP contribution in [-0.4, -0.2) is 28.4 Å². The molecule has 1 N–H and O–H groups in total. The molecule has 1 atom stereocenters. The maximum absolute atomic E-state index is 12.1. The normalized spacial score (nSPS) is 11.6. The fraction of sp³-hybridized carbons (Fsp3) is 0.176. The average Bonchev–Trinajstić information content (AvgIpc) is 2.61. The first-order chi connectivity index (χ1) is 11.5. The van der Waals surface area contributed by atoms with E-state index in [-0.39, 0.29) is 5.56 Å². The summed E-state index contributed by atoms with van der Waals surface area (Å²) in [4.78, 5) is 24.4. The molecule has 5 nitrogen and oxygen atoms in total. The molecule has 2 rings (SSSR count). The number of benzene rings is 2. The lowest BCUT2D eigenvalue weighted by Crippen LogP contribution is -2.21. The van der Waals surface area contributed by atoms with Gasteiger partial charge in [-0.05, 0) is 36.4 Å². The monoisotopic (exact) mass is 409 g/mol. The third-order valence-corrected chi connectivity index (χ3v) is 4.98. The van der Waals surface area contributed by atoms with Gasteiger partial charge in [0.15, 0.2) is 6.61 Å². The molecule has 126 valence electrons. The molecule has 0 unspecified atom stereocenters. The Morgan fingerprint density at radius 2 is 1.79 bits per heavy atom. The van der Waals surface area contributed by atoms with E-state index in [1.165, 1.54) is 6.07 Å². The van der Waals surface area contributed by atoms with Crippen molar-refractivity contribution < 1.29 is 18.5 Å². The Labute approximate surface area is 151 Å². The standard InChI is InChI=1S/C17H16BrNO4S/c1-2-24(22)15-6-4-3-5-14(15)17(21)23-11-16(20)19-13-9-7-12(18)8-10-13/h3-10H,2,11H2,1H3,(H,19,20)/t24-/m1/s1. The van der Waals surface area contributed by atoms with Crippen molar-refractivity contribution in [3.8, 4) is 0 Å². The van der Waals surface area contributed by atoms with Crippen LogP contribution in [0.3, 0.4) is 0 Å². The number of hydrogen-bond acceptors (Lipinski definition) is 4. The lowest BCUT2D eigenvalue weighted by molar-refractivity contribution is -0.119. The molecule has 24 heavy (non-hydrogen) atoms. The highest BCUT2D eigenvalue weighted by Gasteiger charge is 2.17. The molecule has 1 amide bonds. The van der Waals surface area contributed by atoms with E-state index in [0.29, 0.717) is 16.3 Å². The van der Waals surface area contributed by atoms with E-state index in [0.717, 1.165) is 4.47 Å². The van der Waals surface area contributed by atoms with Crippen molar-refractivity contribution in [2.24, 2.45) is 0 Å². The van der Waals surface area contributed by atoms with Crippen molar-refractivity contribution in [1.82, 2.24) is 0 Å². The fourth-order valence-corrected chi connectivity index (χ4v) is 3.13. The van der Waals surface area contributed by atoms with Gasteiger partial charge in [-0.15, -0.1) is 0 Å². The molecule has 0 radical (unpaired) electrons. The minimum absolute atomic E-state index is 0.217. The lowest BCUT2D eigenvalue weighted by atomic mass is 10.2. The van der Waals surface area contributed by atoms with E-state index < -0.39 is 29.3 Å². The van der Waals surface area contributed by atoms with E-state index in [2.05, 4.69) is 21.2 Å². The van der Waals surface area contributed by atoms with E-state index in [9.17, 15) is 13.8 Å². The molecular formula is C17H16BrNO4S. The maximum atomic E-state index is 12.1. The molecule has 7 heteroatoms. The predicted molar refractivity (Wildman–Crippen MR) is 96.4 cm³/mol. The summed E-state index contributed by atoms with van der Waals surface area (Å²) < 4.78 is 17.9. The smallest absolute Gasteiger partial charge is 0.339 e. The summed E-state index contributed by atoms with van der Waals surface area (Å²) in [5.41, 5.74) is 0.820. The topological polar surface area (TPSA) is 72.5 Å². The Kier molecular flexibility index (Phi) is 6.69. The number of nitrogens with one attached hydrogen (secondary N) is 1. The van der Waals surface area contributed by atoms with Crippen molar-refractivity contribution in [3.63, 3.8) is 0 Å². The summed E-state index contributed by atoms with van der Waals surface area (Å²) in [6.07, 6.45) is 0. The first-order valence-electron chi connectivity index (χ1n) is 7.21. The summed E-state index contributed by atoms with van der Waals surface area (Å²) in [6, 6.07) is 13.6. The van der Waals surface area contributed by atoms with Crippen molar-refractivity contribution >= 4 is 44.3 Å². The quantitative estimate of drug-likeness (QED) is 0.742. The van der Waals surface area contributed by atoms with Crippen LogP contribution in [0.4, 0.5) is 5.69 Å². The van der Waals surface area contributed by atoms with Crippen LogP contribution >= 0.6 is 15.9 Å². The number of rotatable bonds is 6. The molecule has 0 saturated carbocycles. The lowest BCUT2D eigenvalue weighted by Gasteiger charge is -2.09. The van der Waals surface area contributed by atoms with Crippen molar-refractivity contribution in [2.75, 3.05) is 17.7 Å². The highest BCUT2D eigenvalue weighted by atomic mass is 79.9. The van der Waals surface area contributed by atoms with Crippen molar-refractivity contribution in [2.45, 2.75) is 11.8 Å². The predicted octanol–water partition coefficient (Wildman–Crippen LogP) is 3.37. The third-order valence-electron chi connectivity index (χ3n) is 3.08. The van der Waals surface area contributed by atoms with Crippen LogP contribution in [0.2, 0.25) is 0 Å². The molecule has 0 spiro atoms. The number of esters is 1. The number of halogens is 1. The molecular weight excluding hydrogens is 394 g/mol. The van der Waals surface area contributed by atoms with Crippen molar-refractivity contribution in [3.05, 3.63) is 58.6 Å². The largest absolute Gasteiger partial charge is 0.452 e. The highest BCUT2D eigenvalue weighted by Crippen LogP contribution is 2.16. The minimum atomic E-state index is -1.28. The SMILES string of the molecule is CC[S@@](=O)c1ccccc1C(=O)OCC(=O)Nc1ccc(Br)cc1. The minimum Gasteiger partial charge on any atom is -0.452 e. The van der Waals surface area contributed by atoms with Gasteiger partial charge >= 0.3 is 5.97 Å². The molecule has 0 aliphatic rings. The number of hydrogen-bond donors (Lipinski definition) is 1. The summed E-state index contributed by atoms with van der Waals surface area (Å²) in [5, 5.41) is 2.63. The molecule has 2 aromatic carbocycles. The first kappa shape index (κ1) is 18.4. The van der Waals surface area contributed by atoms with E-state index in [4.69, 9.17) is 4.74 Å². The van der Waals surface area contributed by atoms with Crippen LogP contribution in [0, 0.1) is 0 Å². The Balaban J connectivity index is 1.97. The molecule has 0 fully saturated rings. The number of amides is 1. The van der Waals surface area contributed by atoms with Crippen LogP contribution in [0.5, 0.6) is 0 Å². The van der Waals surface area contributed by atoms with Gasteiger partial charge in [0.2, 0.25) is 0 Å². The maximum Gasteiger partial charge on any atom is 0.339 e. The van der Waals surface area contributed by atoms with Gasteiger partial charge < -0.3 is 10.1 Å². The van der Waals surface area contributed by atoms with Gasteiger partial charge in [0.05, 0.1) is 21.3 Å². The first-order valence-corrected chi connectivity index (χ1v) is 9.32.